The summed E-state index contributed by atoms with van der Waals surface area (Å²) in [7, 11) is -0.782. The zero-order valence-electron chi connectivity index (χ0n) is 11.6. The van der Waals surface area contributed by atoms with Crippen molar-refractivity contribution in [3.05, 3.63) is 27.3 Å². The van der Waals surface area contributed by atoms with E-state index in [1.54, 1.807) is 6.07 Å². The maximum absolute atomic E-state index is 12.9. The van der Waals surface area contributed by atoms with Crippen molar-refractivity contribution in [3.63, 3.8) is 0 Å². The molecule has 0 aliphatic carbocycles. The van der Waals surface area contributed by atoms with Crippen LogP contribution in [0, 0.1) is 3.57 Å². The molecule has 2 rings (SSSR count). The van der Waals surface area contributed by atoms with Crippen molar-refractivity contribution in [1.29, 1.82) is 0 Å². The van der Waals surface area contributed by atoms with Gasteiger partial charge in [-0.25, -0.2) is 0 Å². The molecule has 0 unspecified atom stereocenters. The van der Waals surface area contributed by atoms with Crippen molar-refractivity contribution < 1.29 is 22.5 Å². The Morgan fingerprint density at radius 1 is 1.00 bits per heavy atom. The molecule has 0 radical (unpaired) electrons. The standard InChI is InChI=1S/C13H15BF3IO2/c1-11(2)12(3,4)20-14(19-11)9-5-8(13(15,16)17)6-10(18)7-9/h5-7H,1-4H3. The Kier molecular flexibility index (Phi) is 3.93. The molecule has 1 aromatic carbocycles. The molecule has 0 saturated carbocycles. The predicted molar refractivity (Wildman–Crippen MR) is 79.9 cm³/mol. The zero-order valence-corrected chi connectivity index (χ0v) is 13.8. The van der Waals surface area contributed by atoms with Gasteiger partial charge in [0.25, 0.3) is 0 Å². The highest BCUT2D eigenvalue weighted by Gasteiger charge is 2.52. The summed E-state index contributed by atoms with van der Waals surface area (Å²) < 4.78 is 50.6. The molecule has 0 amide bonds. The topological polar surface area (TPSA) is 18.5 Å². The Morgan fingerprint density at radius 3 is 1.95 bits per heavy atom. The molecule has 1 aliphatic rings. The molecule has 1 aromatic rings. The number of benzene rings is 1. The molecular weight excluding hydrogens is 383 g/mol. The van der Waals surface area contributed by atoms with Crippen LogP contribution in [-0.2, 0) is 15.5 Å². The first kappa shape index (κ1) is 16.1. The van der Waals surface area contributed by atoms with Gasteiger partial charge in [0.15, 0.2) is 0 Å². The van der Waals surface area contributed by atoms with Crippen LogP contribution in [0.1, 0.15) is 33.3 Å². The third-order valence-electron chi connectivity index (χ3n) is 3.77. The van der Waals surface area contributed by atoms with Gasteiger partial charge in [-0.3, -0.25) is 0 Å². The van der Waals surface area contributed by atoms with E-state index in [-0.39, 0.29) is 0 Å². The average Bonchev–Trinajstić information content (AvgIpc) is 2.46. The van der Waals surface area contributed by atoms with E-state index in [1.807, 2.05) is 50.3 Å². The monoisotopic (exact) mass is 398 g/mol. The van der Waals surface area contributed by atoms with Crippen LogP contribution in [0.4, 0.5) is 13.2 Å². The van der Waals surface area contributed by atoms with Gasteiger partial charge in [0.05, 0.1) is 16.8 Å². The smallest absolute Gasteiger partial charge is 0.399 e. The molecule has 0 bridgehead atoms. The summed E-state index contributed by atoms with van der Waals surface area (Å²) >= 11 is 1.86. The van der Waals surface area contributed by atoms with Gasteiger partial charge in [-0.2, -0.15) is 13.2 Å². The largest absolute Gasteiger partial charge is 0.494 e. The third kappa shape index (κ3) is 2.99. The number of rotatable bonds is 1. The lowest BCUT2D eigenvalue weighted by molar-refractivity contribution is -0.137. The molecule has 20 heavy (non-hydrogen) atoms. The number of hydrogen-bond donors (Lipinski definition) is 0. The van der Waals surface area contributed by atoms with Gasteiger partial charge in [0.2, 0.25) is 0 Å². The Labute approximate surface area is 130 Å². The first-order chi connectivity index (χ1) is 8.92. The van der Waals surface area contributed by atoms with Crippen LogP contribution >= 0.6 is 22.6 Å². The molecule has 1 aliphatic heterocycles. The van der Waals surface area contributed by atoms with Gasteiger partial charge in [0.1, 0.15) is 0 Å². The molecule has 7 heteroatoms. The van der Waals surface area contributed by atoms with Gasteiger partial charge in [-0.05, 0) is 67.9 Å². The zero-order chi connectivity index (χ0) is 15.3. The van der Waals surface area contributed by atoms with Gasteiger partial charge >= 0.3 is 13.3 Å². The fraction of sp³-hybridized carbons (Fsp3) is 0.538. The summed E-state index contributed by atoms with van der Waals surface area (Å²) in [6.45, 7) is 7.47. The predicted octanol–water partition coefficient (Wildman–Crippen LogP) is 3.61. The van der Waals surface area contributed by atoms with Crippen LogP contribution in [-0.4, -0.2) is 18.3 Å². The minimum absolute atomic E-state index is 0.392. The second kappa shape index (κ2) is 4.88. The molecule has 0 aromatic heterocycles. The van der Waals surface area contributed by atoms with Crippen molar-refractivity contribution in [2.45, 2.75) is 45.1 Å². The summed E-state index contributed by atoms with van der Waals surface area (Å²) in [5.74, 6) is 0. The summed E-state index contributed by atoms with van der Waals surface area (Å²) in [4.78, 5) is 0. The summed E-state index contributed by atoms with van der Waals surface area (Å²) in [5, 5.41) is 0. The molecule has 0 spiro atoms. The first-order valence-electron chi connectivity index (χ1n) is 6.16. The molecule has 0 N–H and O–H groups in total. The van der Waals surface area contributed by atoms with Crippen LogP contribution in [0.15, 0.2) is 18.2 Å². The summed E-state index contributed by atoms with van der Waals surface area (Å²) in [5.41, 5.74) is -1.44. The number of alkyl halides is 3. The van der Waals surface area contributed by atoms with Crippen LogP contribution in [0.25, 0.3) is 0 Å². The maximum Gasteiger partial charge on any atom is 0.494 e. The average molecular weight is 398 g/mol. The van der Waals surface area contributed by atoms with E-state index in [0.29, 0.717) is 9.03 Å². The number of hydrogen-bond acceptors (Lipinski definition) is 2. The van der Waals surface area contributed by atoms with Gasteiger partial charge < -0.3 is 9.31 Å². The SMILES string of the molecule is CC1(C)OB(c2cc(I)cc(C(F)(F)F)c2)OC1(C)C. The van der Waals surface area contributed by atoms with Crippen LogP contribution in [0.3, 0.4) is 0 Å². The second-order valence-corrected chi connectivity index (χ2v) is 7.10. The third-order valence-corrected chi connectivity index (χ3v) is 4.40. The molecule has 2 nitrogen and oxygen atoms in total. The van der Waals surface area contributed by atoms with Crippen molar-refractivity contribution in [1.82, 2.24) is 0 Å². The fourth-order valence-electron chi connectivity index (χ4n) is 1.89. The maximum atomic E-state index is 12.9. The van der Waals surface area contributed by atoms with Crippen molar-refractivity contribution in [2.75, 3.05) is 0 Å². The fourth-order valence-corrected chi connectivity index (χ4v) is 2.59. The van der Waals surface area contributed by atoms with Crippen LogP contribution in [0.2, 0.25) is 0 Å². The van der Waals surface area contributed by atoms with E-state index < -0.39 is 30.1 Å². The summed E-state index contributed by atoms with van der Waals surface area (Å²) in [6.07, 6.45) is -4.38. The lowest BCUT2D eigenvalue weighted by Gasteiger charge is -2.32. The van der Waals surface area contributed by atoms with E-state index in [1.165, 1.54) is 0 Å². The molecule has 1 heterocycles. The lowest BCUT2D eigenvalue weighted by atomic mass is 9.78. The number of halogens is 4. The first-order valence-corrected chi connectivity index (χ1v) is 7.24. The van der Waals surface area contributed by atoms with E-state index in [9.17, 15) is 13.2 Å². The highest BCUT2D eigenvalue weighted by atomic mass is 127. The molecular formula is C13H15BF3IO2. The van der Waals surface area contributed by atoms with Crippen molar-refractivity contribution >= 4 is 35.2 Å². The highest BCUT2D eigenvalue weighted by molar-refractivity contribution is 14.1. The molecule has 0 atom stereocenters. The van der Waals surface area contributed by atoms with E-state index >= 15 is 0 Å². The quantitative estimate of drug-likeness (QED) is 0.532. The van der Waals surface area contributed by atoms with Gasteiger partial charge in [-0.15, -0.1) is 0 Å². The van der Waals surface area contributed by atoms with Gasteiger partial charge in [-0.1, -0.05) is 6.07 Å². The Hall–Kier alpha value is -0.275. The van der Waals surface area contributed by atoms with E-state index in [4.69, 9.17) is 9.31 Å². The Bertz CT molecular complexity index is 513. The highest BCUT2D eigenvalue weighted by Crippen LogP contribution is 2.37. The Balaban J connectivity index is 2.38. The van der Waals surface area contributed by atoms with Crippen molar-refractivity contribution in [2.24, 2.45) is 0 Å². The van der Waals surface area contributed by atoms with Crippen LogP contribution in [0.5, 0.6) is 0 Å². The van der Waals surface area contributed by atoms with Crippen molar-refractivity contribution in [3.8, 4) is 0 Å². The van der Waals surface area contributed by atoms with E-state index in [0.717, 1.165) is 12.1 Å². The second-order valence-electron chi connectivity index (χ2n) is 5.86. The molecule has 110 valence electrons. The Morgan fingerprint density at radius 2 is 1.50 bits per heavy atom. The normalized spacial score (nSPS) is 21.3. The van der Waals surface area contributed by atoms with E-state index in [2.05, 4.69) is 0 Å². The summed E-state index contributed by atoms with van der Waals surface area (Å²) in [6, 6.07) is 3.84. The molecule has 1 fully saturated rings. The van der Waals surface area contributed by atoms with Crippen LogP contribution < -0.4 is 5.46 Å². The van der Waals surface area contributed by atoms with Gasteiger partial charge in [0, 0.05) is 3.57 Å². The molecule has 1 saturated heterocycles. The lowest BCUT2D eigenvalue weighted by Crippen LogP contribution is -2.41. The minimum atomic E-state index is -4.38. The minimum Gasteiger partial charge on any atom is -0.399 e.